The molecule has 0 spiro atoms. The summed E-state index contributed by atoms with van der Waals surface area (Å²) in [6, 6.07) is 20.1. The fourth-order valence-corrected chi connectivity index (χ4v) is 7.87. The summed E-state index contributed by atoms with van der Waals surface area (Å²) in [5.41, 5.74) is 5.42. The molecule has 0 saturated carbocycles. The number of benzene rings is 3. The van der Waals surface area contributed by atoms with Crippen molar-refractivity contribution in [3.63, 3.8) is 0 Å². The van der Waals surface area contributed by atoms with Crippen LogP contribution in [0.3, 0.4) is 0 Å². The van der Waals surface area contributed by atoms with Gasteiger partial charge >= 0.3 is 5.97 Å². The molecule has 0 aliphatic carbocycles. The van der Waals surface area contributed by atoms with E-state index in [-0.39, 0.29) is 12.3 Å². The van der Waals surface area contributed by atoms with Crippen molar-refractivity contribution in [3.8, 4) is 34.5 Å². The maximum atomic E-state index is 11.2. The number of fused-ring (bicyclic) bond motifs is 1. The van der Waals surface area contributed by atoms with Crippen molar-refractivity contribution in [1.82, 2.24) is 0 Å². The quantitative estimate of drug-likeness (QED) is 0.157. The highest BCUT2D eigenvalue weighted by Gasteiger charge is 2.24. The van der Waals surface area contributed by atoms with Crippen molar-refractivity contribution in [3.05, 3.63) is 82.7 Å². The third-order valence-corrected chi connectivity index (χ3v) is 10.4. The van der Waals surface area contributed by atoms with E-state index in [0.717, 1.165) is 41.0 Å². The SMILES string of the molecule is CC#C[C@@H](CC(=O)O)c1ccc(OCc2ccc3scc(-c4ccc(OCC5CCS(O)(O)CC5)cc4C)c3c2)cc1. The first-order valence-corrected chi connectivity index (χ1v) is 16.8. The number of ether oxygens (including phenoxy) is 2. The summed E-state index contributed by atoms with van der Waals surface area (Å²) in [6.45, 7) is 4.83. The summed E-state index contributed by atoms with van der Waals surface area (Å²) in [7, 11) is -2.37. The Balaban J connectivity index is 1.24. The summed E-state index contributed by atoms with van der Waals surface area (Å²) in [5, 5.41) is 12.6. The van der Waals surface area contributed by atoms with E-state index in [4.69, 9.17) is 9.47 Å². The third kappa shape index (κ3) is 7.47. The van der Waals surface area contributed by atoms with E-state index in [1.807, 2.05) is 30.3 Å². The van der Waals surface area contributed by atoms with Crippen LogP contribution >= 0.6 is 21.9 Å². The van der Waals surface area contributed by atoms with Crippen LogP contribution in [0.25, 0.3) is 21.2 Å². The van der Waals surface area contributed by atoms with Crippen molar-refractivity contribution < 1.29 is 28.5 Å². The molecule has 42 heavy (non-hydrogen) atoms. The molecule has 8 heteroatoms. The van der Waals surface area contributed by atoms with Gasteiger partial charge in [0.2, 0.25) is 0 Å². The van der Waals surface area contributed by atoms with Crippen LogP contribution in [-0.4, -0.2) is 38.3 Å². The van der Waals surface area contributed by atoms with Gasteiger partial charge in [0, 0.05) is 27.2 Å². The number of aliphatic carboxylic acids is 1. The van der Waals surface area contributed by atoms with Crippen LogP contribution in [0.15, 0.2) is 66.0 Å². The zero-order valence-corrected chi connectivity index (χ0v) is 25.5. The van der Waals surface area contributed by atoms with Crippen molar-refractivity contribution in [1.29, 1.82) is 0 Å². The number of carboxylic acids is 1. The van der Waals surface area contributed by atoms with Gasteiger partial charge in [-0.3, -0.25) is 13.9 Å². The standard InChI is InChI=1S/C34H36O6S2/c1-3-4-27(19-34(35)36)26-6-8-28(9-7-26)39-21-25-5-12-33-31(18-25)32(22-41-33)30-11-10-29(17-23(30)2)40-20-24-13-15-42(37,38)16-14-24/h5-12,17-18,22,24,27,37-38H,13-16,19-21H2,1-2H3,(H,35,36)/t27-/m0/s1. The van der Waals surface area contributed by atoms with Crippen LogP contribution in [0.4, 0.5) is 0 Å². The highest BCUT2D eigenvalue weighted by atomic mass is 32.3. The number of hydrogen-bond acceptors (Lipinski definition) is 6. The molecular weight excluding hydrogens is 569 g/mol. The number of aryl methyl sites for hydroxylation is 1. The molecule has 220 valence electrons. The van der Waals surface area contributed by atoms with Gasteiger partial charge in [0.1, 0.15) is 18.1 Å². The van der Waals surface area contributed by atoms with Crippen molar-refractivity contribution in [2.75, 3.05) is 18.1 Å². The minimum atomic E-state index is -2.37. The van der Waals surface area contributed by atoms with Crippen molar-refractivity contribution in [2.24, 2.45) is 5.92 Å². The summed E-state index contributed by atoms with van der Waals surface area (Å²) >= 11 is 1.72. The second kappa shape index (κ2) is 13.2. The van der Waals surface area contributed by atoms with Gasteiger partial charge in [0.25, 0.3) is 0 Å². The zero-order chi connectivity index (χ0) is 29.7. The Kier molecular flexibility index (Phi) is 9.44. The second-order valence-electron chi connectivity index (χ2n) is 10.8. The minimum Gasteiger partial charge on any atom is -0.493 e. The highest BCUT2D eigenvalue weighted by Crippen LogP contribution is 2.45. The van der Waals surface area contributed by atoms with E-state index in [1.54, 1.807) is 18.3 Å². The maximum absolute atomic E-state index is 11.2. The van der Waals surface area contributed by atoms with Crippen LogP contribution in [0.5, 0.6) is 11.5 Å². The molecule has 1 aromatic heterocycles. The second-order valence-corrected chi connectivity index (χ2v) is 14.2. The fraction of sp³-hybridized carbons (Fsp3) is 0.324. The van der Waals surface area contributed by atoms with E-state index >= 15 is 0 Å². The summed E-state index contributed by atoms with van der Waals surface area (Å²) in [4.78, 5) is 11.2. The molecule has 3 aromatic carbocycles. The number of carbonyl (C=O) groups is 1. The molecule has 1 saturated heterocycles. The Morgan fingerprint density at radius 1 is 1.00 bits per heavy atom. The molecule has 0 bridgehead atoms. The highest BCUT2D eigenvalue weighted by molar-refractivity contribution is 8.24. The summed E-state index contributed by atoms with van der Waals surface area (Å²) < 4.78 is 33.1. The van der Waals surface area contributed by atoms with Gasteiger partial charge < -0.3 is 14.6 Å². The first-order chi connectivity index (χ1) is 20.2. The van der Waals surface area contributed by atoms with Gasteiger partial charge in [-0.25, -0.2) is 0 Å². The Hall–Kier alpha value is -3.48. The molecule has 1 aliphatic rings. The van der Waals surface area contributed by atoms with Crippen LogP contribution in [-0.2, 0) is 11.4 Å². The lowest BCUT2D eigenvalue weighted by atomic mass is 9.96. The minimum absolute atomic E-state index is 0.0300. The fourth-order valence-electron chi connectivity index (χ4n) is 5.30. The van der Waals surface area contributed by atoms with Crippen molar-refractivity contribution >= 4 is 38.0 Å². The van der Waals surface area contributed by atoms with E-state index in [2.05, 4.69) is 54.5 Å². The lowest BCUT2D eigenvalue weighted by molar-refractivity contribution is -0.137. The number of carboxylic acid groups (broad SMARTS) is 1. The molecule has 1 aliphatic heterocycles. The molecule has 1 fully saturated rings. The molecule has 2 heterocycles. The Bertz CT molecular complexity index is 1600. The largest absolute Gasteiger partial charge is 0.493 e. The van der Waals surface area contributed by atoms with Gasteiger partial charge in [-0.15, -0.1) is 17.3 Å². The number of rotatable bonds is 10. The Morgan fingerprint density at radius 2 is 1.74 bits per heavy atom. The van der Waals surface area contributed by atoms with E-state index in [9.17, 15) is 19.0 Å². The predicted octanol–water partition coefficient (Wildman–Crippen LogP) is 8.58. The third-order valence-electron chi connectivity index (χ3n) is 7.70. The lowest BCUT2D eigenvalue weighted by Crippen LogP contribution is -2.24. The molecule has 4 aromatic rings. The number of hydrogen-bond donors (Lipinski definition) is 3. The lowest BCUT2D eigenvalue weighted by Gasteiger charge is -2.39. The van der Waals surface area contributed by atoms with Gasteiger partial charge in [-0.2, -0.15) is 10.6 Å². The normalized spacial score (nSPS) is 16.3. The average Bonchev–Trinajstić information content (AvgIpc) is 3.38. The first-order valence-electron chi connectivity index (χ1n) is 14.0. The van der Waals surface area contributed by atoms with Crippen LogP contribution in [0.2, 0.25) is 0 Å². The molecule has 0 radical (unpaired) electrons. The maximum Gasteiger partial charge on any atom is 0.304 e. The molecule has 1 atom stereocenters. The van der Waals surface area contributed by atoms with Crippen LogP contribution in [0, 0.1) is 24.7 Å². The summed E-state index contributed by atoms with van der Waals surface area (Å²) in [6.07, 6.45) is 1.55. The summed E-state index contributed by atoms with van der Waals surface area (Å²) in [5.74, 6) is 7.46. The average molecular weight is 605 g/mol. The van der Waals surface area contributed by atoms with Gasteiger partial charge in [0.05, 0.1) is 18.9 Å². The van der Waals surface area contributed by atoms with E-state index < -0.39 is 16.6 Å². The first kappa shape index (κ1) is 30.0. The van der Waals surface area contributed by atoms with Crippen LogP contribution < -0.4 is 9.47 Å². The van der Waals surface area contributed by atoms with E-state index in [1.165, 1.54) is 21.2 Å². The molecular formula is C34H36O6S2. The van der Waals surface area contributed by atoms with E-state index in [0.29, 0.717) is 30.6 Å². The Morgan fingerprint density at radius 3 is 2.43 bits per heavy atom. The van der Waals surface area contributed by atoms with Gasteiger partial charge in [0.15, 0.2) is 0 Å². The monoisotopic (exact) mass is 604 g/mol. The molecule has 5 rings (SSSR count). The number of thiophene rings is 1. The molecule has 6 nitrogen and oxygen atoms in total. The topological polar surface area (TPSA) is 96.2 Å². The Labute approximate surface area is 252 Å². The van der Waals surface area contributed by atoms with Gasteiger partial charge in [-0.1, -0.05) is 30.2 Å². The van der Waals surface area contributed by atoms with Gasteiger partial charge in [-0.05, 0) is 96.6 Å². The molecule has 3 N–H and O–H groups in total. The van der Waals surface area contributed by atoms with Crippen LogP contribution in [0.1, 0.15) is 48.8 Å². The van der Waals surface area contributed by atoms with Crippen molar-refractivity contribution in [2.45, 2.75) is 45.6 Å². The zero-order valence-electron chi connectivity index (χ0n) is 23.8. The smallest absolute Gasteiger partial charge is 0.304 e. The molecule has 0 amide bonds. The molecule has 0 unspecified atom stereocenters. The predicted molar refractivity (Wildman–Crippen MR) is 172 cm³/mol.